The highest BCUT2D eigenvalue weighted by molar-refractivity contribution is 5.78. The maximum absolute atomic E-state index is 12.0. The number of methoxy groups -OCH3 is 1. The molecule has 8 nitrogen and oxygen atoms in total. The number of nitrogens with one attached hydrogen (secondary N) is 3. The lowest BCUT2D eigenvalue weighted by Crippen LogP contribution is -2.41. The SMILES string of the molecule is COCCN1CCC(C(=O)NCc2n[nH]c(=O)[nH]2)CC1. The quantitative estimate of drug-likeness (QED) is 0.626. The molecule has 0 saturated carbocycles. The number of piperidine rings is 1. The minimum Gasteiger partial charge on any atom is -0.383 e. The van der Waals surface area contributed by atoms with E-state index in [9.17, 15) is 9.59 Å². The number of nitrogens with zero attached hydrogens (tertiary/aromatic N) is 2. The summed E-state index contributed by atoms with van der Waals surface area (Å²) in [6.07, 6.45) is 1.71. The van der Waals surface area contributed by atoms with Gasteiger partial charge in [-0.15, -0.1) is 0 Å². The van der Waals surface area contributed by atoms with Crippen LogP contribution in [0.4, 0.5) is 0 Å². The minimum atomic E-state index is -0.360. The molecule has 0 aliphatic carbocycles. The first-order valence-corrected chi connectivity index (χ1v) is 6.81. The van der Waals surface area contributed by atoms with Crippen molar-refractivity contribution < 1.29 is 9.53 Å². The van der Waals surface area contributed by atoms with E-state index in [0.29, 0.717) is 5.82 Å². The van der Waals surface area contributed by atoms with Crippen LogP contribution in [-0.4, -0.2) is 59.3 Å². The smallest absolute Gasteiger partial charge is 0.340 e. The Morgan fingerprint density at radius 1 is 1.50 bits per heavy atom. The van der Waals surface area contributed by atoms with Gasteiger partial charge in [0, 0.05) is 19.6 Å². The van der Waals surface area contributed by atoms with E-state index in [2.05, 4.69) is 25.4 Å². The van der Waals surface area contributed by atoms with Gasteiger partial charge in [0.25, 0.3) is 0 Å². The molecule has 3 N–H and O–H groups in total. The number of carbonyl (C=O) groups excluding carboxylic acids is 1. The lowest BCUT2D eigenvalue weighted by molar-refractivity contribution is -0.126. The van der Waals surface area contributed by atoms with Crippen LogP contribution < -0.4 is 11.0 Å². The van der Waals surface area contributed by atoms with Crippen LogP contribution in [0.25, 0.3) is 0 Å². The molecule has 1 fully saturated rings. The first-order chi connectivity index (χ1) is 9.69. The van der Waals surface area contributed by atoms with Crippen molar-refractivity contribution in [3.8, 4) is 0 Å². The Kier molecular flexibility index (Phi) is 5.31. The van der Waals surface area contributed by atoms with Crippen molar-refractivity contribution in [3.63, 3.8) is 0 Å². The molecule has 1 aromatic heterocycles. The molecule has 0 atom stereocenters. The largest absolute Gasteiger partial charge is 0.383 e. The Hall–Kier alpha value is -1.67. The second-order valence-electron chi connectivity index (χ2n) is 4.95. The van der Waals surface area contributed by atoms with Crippen LogP contribution in [0.5, 0.6) is 0 Å². The molecule has 0 spiro atoms. The van der Waals surface area contributed by atoms with Gasteiger partial charge in [-0.05, 0) is 25.9 Å². The third kappa shape index (κ3) is 4.17. The molecule has 2 heterocycles. The standard InChI is InChI=1S/C12H21N5O3/c1-20-7-6-17-4-2-9(3-5-17)11(18)13-8-10-14-12(19)16-15-10/h9H,2-8H2,1H3,(H,13,18)(H2,14,15,16,19). The van der Waals surface area contributed by atoms with Crippen LogP contribution in [-0.2, 0) is 16.1 Å². The van der Waals surface area contributed by atoms with Crippen molar-refractivity contribution in [1.29, 1.82) is 0 Å². The van der Waals surface area contributed by atoms with Gasteiger partial charge in [-0.3, -0.25) is 9.78 Å². The molecule has 8 heteroatoms. The van der Waals surface area contributed by atoms with Crippen LogP contribution in [0.1, 0.15) is 18.7 Å². The summed E-state index contributed by atoms with van der Waals surface area (Å²) in [6.45, 7) is 3.73. The molecule has 2 rings (SSSR count). The summed E-state index contributed by atoms with van der Waals surface area (Å²) in [4.78, 5) is 27.7. The normalized spacial score (nSPS) is 17.2. The lowest BCUT2D eigenvalue weighted by Gasteiger charge is -2.30. The first kappa shape index (κ1) is 14.7. The zero-order valence-electron chi connectivity index (χ0n) is 11.6. The molecular formula is C12H21N5O3. The molecule has 1 saturated heterocycles. The first-order valence-electron chi connectivity index (χ1n) is 6.81. The number of carbonyl (C=O) groups is 1. The second kappa shape index (κ2) is 7.20. The highest BCUT2D eigenvalue weighted by Crippen LogP contribution is 2.17. The molecule has 0 bridgehead atoms. The predicted octanol–water partition coefficient (Wildman–Crippen LogP) is -0.927. The van der Waals surface area contributed by atoms with Crippen LogP contribution in [0, 0.1) is 5.92 Å². The average molecular weight is 283 g/mol. The fourth-order valence-electron chi connectivity index (χ4n) is 2.34. The summed E-state index contributed by atoms with van der Waals surface area (Å²) in [6, 6.07) is 0. The summed E-state index contributed by atoms with van der Waals surface area (Å²) in [5.74, 6) is 0.514. The summed E-state index contributed by atoms with van der Waals surface area (Å²) in [5, 5.41) is 8.82. The van der Waals surface area contributed by atoms with E-state index in [1.165, 1.54) is 0 Å². The van der Waals surface area contributed by atoms with Crippen molar-refractivity contribution in [1.82, 2.24) is 25.4 Å². The van der Waals surface area contributed by atoms with E-state index in [1.807, 2.05) is 0 Å². The fourth-order valence-corrected chi connectivity index (χ4v) is 2.34. The molecule has 112 valence electrons. The average Bonchev–Trinajstić information content (AvgIpc) is 2.89. The molecular weight excluding hydrogens is 262 g/mol. The van der Waals surface area contributed by atoms with E-state index in [-0.39, 0.29) is 24.1 Å². The monoisotopic (exact) mass is 283 g/mol. The van der Waals surface area contributed by atoms with Gasteiger partial charge in [-0.1, -0.05) is 0 Å². The lowest BCUT2D eigenvalue weighted by atomic mass is 9.96. The van der Waals surface area contributed by atoms with Gasteiger partial charge in [-0.2, -0.15) is 5.10 Å². The number of hydrogen-bond acceptors (Lipinski definition) is 5. The van der Waals surface area contributed by atoms with Gasteiger partial charge in [0.15, 0.2) is 0 Å². The van der Waals surface area contributed by atoms with Crippen LogP contribution in [0.3, 0.4) is 0 Å². The Labute approximate surface area is 116 Å². The number of aromatic amines is 2. The molecule has 0 unspecified atom stereocenters. The Bertz CT molecular complexity index is 475. The molecule has 1 aromatic rings. The second-order valence-corrected chi connectivity index (χ2v) is 4.95. The van der Waals surface area contributed by atoms with Gasteiger partial charge in [0.1, 0.15) is 5.82 Å². The van der Waals surface area contributed by atoms with E-state index in [0.717, 1.165) is 39.1 Å². The van der Waals surface area contributed by atoms with E-state index in [1.54, 1.807) is 7.11 Å². The highest BCUT2D eigenvalue weighted by Gasteiger charge is 2.24. The van der Waals surface area contributed by atoms with E-state index < -0.39 is 0 Å². The number of H-pyrrole nitrogens is 2. The molecule has 1 aliphatic rings. The fraction of sp³-hybridized carbons (Fsp3) is 0.750. The summed E-state index contributed by atoms with van der Waals surface area (Å²) < 4.78 is 5.05. The number of likely N-dealkylation sites (tertiary alicyclic amines) is 1. The van der Waals surface area contributed by atoms with Crippen LogP contribution >= 0.6 is 0 Å². The van der Waals surface area contributed by atoms with Gasteiger partial charge in [-0.25, -0.2) is 9.89 Å². The molecule has 20 heavy (non-hydrogen) atoms. The zero-order chi connectivity index (χ0) is 14.4. The van der Waals surface area contributed by atoms with Crippen LogP contribution in [0.15, 0.2) is 4.79 Å². The van der Waals surface area contributed by atoms with E-state index >= 15 is 0 Å². The number of rotatable bonds is 6. The third-order valence-electron chi connectivity index (χ3n) is 3.55. The molecule has 0 aromatic carbocycles. The summed E-state index contributed by atoms with van der Waals surface area (Å²) in [5.41, 5.74) is -0.360. The number of hydrogen-bond donors (Lipinski definition) is 3. The predicted molar refractivity (Wildman–Crippen MR) is 72.1 cm³/mol. The minimum absolute atomic E-state index is 0.0280. The molecule has 0 radical (unpaired) electrons. The van der Waals surface area contributed by atoms with Crippen LogP contribution in [0.2, 0.25) is 0 Å². The maximum atomic E-state index is 12.0. The number of ether oxygens (including phenoxy) is 1. The summed E-state index contributed by atoms with van der Waals surface area (Å²) in [7, 11) is 1.69. The maximum Gasteiger partial charge on any atom is 0.340 e. The van der Waals surface area contributed by atoms with Gasteiger partial charge >= 0.3 is 5.69 Å². The van der Waals surface area contributed by atoms with Crippen molar-refractivity contribution >= 4 is 5.91 Å². The summed E-state index contributed by atoms with van der Waals surface area (Å²) >= 11 is 0. The topological polar surface area (TPSA) is 103 Å². The number of amides is 1. The van der Waals surface area contributed by atoms with Crippen molar-refractivity contribution in [2.45, 2.75) is 19.4 Å². The van der Waals surface area contributed by atoms with E-state index in [4.69, 9.17) is 4.74 Å². The van der Waals surface area contributed by atoms with Crippen molar-refractivity contribution in [2.24, 2.45) is 5.92 Å². The Balaban J connectivity index is 1.70. The third-order valence-corrected chi connectivity index (χ3v) is 3.55. The number of aromatic nitrogens is 3. The Morgan fingerprint density at radius 3 is 2.85 bits per heavy atom. The van der Waals surface area contributed by atoms with Gasteiger partial charge < -0.3 is 15.0 Å². The Morgan fingerprint density at radius 2 is 2.25 bits per heavy atom. The molecule has 1 aliphatic heterocycles. The highest BCUT2D eigenvalue weighted by atomic mass is 16.5. The van der Waals surface area contributed by atoms with Gasteiger partial charge in [0.05, 0.1) is 13.2 Å². The molecule has 1 amide bonds. The van der Waals surface area contributed by atoms with Crippen molar-refractivity contribution in [3.05, 3.63) is 16.3 Å². The van der Waals surface area contributed by atoms with Crippen molar-refractivity contribution in [2.75, 3.05) is 33.4 Å². The van der Waals surface area contributed by atoms with Gasteiger partial charge in [0.2, 0.25) is 5.91 Å². The zero-order valence-corrected chi connectivity index (χ0v) is 11.6.